The Morgan fingerprint density at radius 1 is 0.958 bits per heavy atom. The van der Waals surface area contributed by atoms with Crippen LogP contribution in [0.3, 0.4) is 0 Å². The van der Waals surface area contributed by atoms with Gasteiger partial charge in [0.15, 0.2) is 6.61 Å². The minimum absolute atomic E-state index is 0.227. The molecule has 0 bridgehead atoms. The molecular formula is C18H15BrN2O3. The van der Waals surface area contributed by atoms with E-state index in [0.717, 1.165) is 21.5 Å². The highest BCUT2D eigenvalue weighted by Gasteiger charge is 2.04. The summed E-state index contributed by atoms with van der Waals surface area (Å²) in [7, 11) is 1.64. The molecule has 0 aliphatic carbocycles. The first-order valence-corrected chi connectivity index (χ1v) is 8.05. The smallest absolute Gasteiger partial charge is 0.254 e. The van der Waals surface area contributed by atoms with E-state index in [-0.39, 0.29) is 6.61 Å². The van der Waals surface area contributed by atoms with Gasteiger partial charge in [-0.25, -0.2) is 0 Å². The lowest BCUT2D eigenvalue weighted by atomic mass is 10.2. The van der Waals surface area contributed by atoms with E-state index < -0.39 is 0 Å². The Labute approximate surface area is 148 Å². The lowest BCUT2D eigenvalue weighted by Crippen LogP contribution is -1.95. The van der Waals surface area contributed by atoms with Crippen molar-refractivity contribution in [3.63, 3.8) is 0 Å². The molecule has 0 atom stereocenters. The topological polar surface area (TPSA) is 57.4 Å². The number of nitrogens with zero attached hydrogens (tertiary/aromatic N) is 2. The Hall–Kier alpha value is -2.60. The molecule has 0 amide bonds. The van der Waals surface area contributed by atoms with Crippen molar-refractivity contribution in [3.05, 3.63) is 70.3 Å². The Bertz CT molecular complexity index is 811. The predicted octanol–water partition coefficient (Wildman–Crippen LogP) is 4.59. The zero-order chi connectivity index (χ0) is 16.8. The van der Waals surface area contributed by atoms with E-state index >= 15 is 0 Å². The minimum Gasteiger partial charge on any atom is -0.497 e. The standard InChI is InChI=1S/C18H15BrN2O3/c1-22-15-7-2-13(3-8-15)4-11-17-20-21-18(24-17)12-23-16-9-5-14(19)6-10-16/h2-11H,12H2,1H3/b11-4+. The number of hydrogen-bond acceptors (Lipinski definition) is 5. The van der Waals surface area contributed by atoms with Gasteiger partial charge in [0.25, 0.3) is 5.89 Å². The van der Waals surface area contributed by atoms with Gasteiger partial charge in [-0.2, -0.15) is 0 Å². The van der Waals surface area contributed by atoms with Crippen molar-refractivity contribution < 1.29 is 13.9 Å². The first kappa shape index (κ1) is 16.3. The third-order valence-corrected chi connectivity index (χ3v) is 3.72. The first-order chi connectivity index (χ1) is 11.7. The summed E-state index contributed by atoms with van der Waals surface area (Å²) in [5, 5.41) is 7.94. The molecule has 0 radical (unpaired) electrons. The molecular weight excluding hydrogens is 372 g/mol. The maximum Gasteiger partial charge on any atom is 0.254 e. The molecule has 0 spiro atoms. The van der Waals surface area contributed by atoms with E-state index in [1.807, 2.05) is 54.6 Å². The second kappa shape index (κ2) is 7.79. The third-order valence-electron chi connectivity index (χ3n) is 3.19. The van der Waals surface area contributed by atoms with Gasteiger partial charge in [0.05, 0.1) is 7.11 Å². The van der Waals surface area contributed by atoms with Crippen molar-refractivity contribution in [1.29, 1.82) is 0 Å². The van der Waals surface area contributed by atoms with Crippen molar-refractivity contribution in [1.82, 2.24) is 10.2 Å². The summed E-state index contributed by atoms with van der Waals surface area (Å²) in [5.74, 6) is 2.41. The van der Waals surface area contributed by atoms with Crippen LogP contribution < -0.4 is 9.47 Å². The highest BCUT2D eigenvalue weighted by Crippen LogP contribution is 2.17. The molecule has 122 valence electrons. The largest absolute Gasteiger partial charge is 0.497 e. The van der Waals surface area contributed by atoms with E-state index in [1.54, 1.807) is 13.2 Å². The maximum atomic E-state index is 5.59. The van der Waals surface area contributed by atoms with Gasteiger partial charge in [-0.15, -0.1) is 10.2 Å². The van der Waals surface area contributed by atoms with Crippen LogP contribution in [0.25, 0.3) is 12.2 Å². The maximum absolute atomic E-state index is 5.59. The van der Waals surface area contributed by atoms with Gasteiger partial charge in [0, 0.05) is 10.5 Å². The molecule has 5 nitrogen and oxygen atoms in total. The zero-order valence-corrected chi connectivity index (χ0v) is 14.6. The zero-order valence-electron chi connectivity index (χ0n) is 13.0. The van der Waals surface area contributed by atoms with E-state index in [1.165, 1.54) is 0 Å². The van der Waals surface area contributed by atoms with Crippen LogP contribution in [-0.4, -0.2) is 17.3 Å². The van der Waals surface area contributed by atoms with Crippen LogP contribution in [0.5, 0.6) is 11.5 Å². The number of aromatic nitrogens is 2. The highest BCUT2D eigenvalue weighted by molar-refractivity contribution is 9.10. The Morgan fingerprint density at radius 2 is 1.67 bits per heavy atom. The summed E-state index contributed by atoms with van der Waals surface area (Å²) < 4.78 is 17.2. The van der Waals surface area contributed by atoms with Crippen LogP contribution in [0.4, 0.5) is 0 Å². The SMILES string of the molecule is COc1ccc(/C=C/c2nnc(COc3ccc(Br)cc3)o2)cc1. The fraction of sp³-hybridized carbons (Fsp3) is 0.111. The number of methoxy groups -OCH3 is 1. The van der Waals surface area contributed by atoms with Crippen LogP contribution >= 0.6 is 15.9 Å². The second-order valence-corrected chi connectivity index (χ2v) is 5.80. The molecule has 24 heavy (non-hydrogen) atoms. The van der Waals surface area contributed by atoms with E-state index in [2.05, 4.69) is 26.1 Å². The first-order valence-electron chi connectivity index (χ1n) is 7.26. The molecule has 6 heteroatoms. The average Bonchev–Trinajstić information content (AvgIpc) is 3.08. The van der Waals surface area contributed by atoms with Crippen LogP contribution in [0, 0.1) is 0 Å². The summed E-state index contributed by atoms with van der Waals surface area (Å²) in [5.41, 5.74) is 1.02. The number of hydrogen-bond donors (Lipinski definition) is 0. The summed E-state index contributed by atoms with van der Waals surface area (Å²) in [4.78, 5) is 0. The molecule has 0 saturated carbocycles. The van der Waals surface area contributed by atoms with E-state index in [0.29, 0.717) is 11.8 Å². The van der Waals surface area contributed by atoms with Gasteiger partial charge < -0.3 is 13.9 Å². The summed E-state index contributed by atoms with van der Waals surface area (Å²) >= 11 is 3.38. The van der Waals surface area contributed by atoms with E-state index in [9.17, 15) is 0 Å². The third kappa shape index (κ3) is 4.45. The van der Waals surface area contributed by atoms with Gasteiger partial charge in [-0.05, 0) is 48.0 Å². The van der Waals surface area contributed by atoms with Crippen molar-refractivity contribution in [3.8, 4) is 11.5 Å². The molecule has 2 aromatic carbocycles. The minimum atomic E-state index is 0.227. The highest BCUT2D eigenvalue weighted by atomic mass is 79.9. The summed E-state index contributed by atoms with van der Waals surface area (Å²) in [6.45, 7) is 0.227. The Morgan fingerprint density at radius 3 is 2.38 bits per heavy atom. The van der Waals surface area contributed by atoms with Gasteiger partial charge in [-0.3, -0.25) is 0 Å². The number of rotatable bonds is 6. The molecule has 3 aromatic rings. The monoisotopic (exact) mass is 386 g/mol. The van der Waals surface area contributed by atoms with Crippen LogP contribution in [0.1, 0.15) is 17.3 Å². The lowest BCUT2D eigenvalue weighted by molar-refractivity contribution is 0.262. The number of halogens is 1. The number of ether oxygens (including phenoxy) is 2. The number of benzene rings is 2. The van der Waals surface area contributed by atoms with Crippen LogP contribution in [0.15, 0.2) is 57.4 Å². The summed E-state index contributed by atoms with van der Waals surface area (Å²) in [6, 6.07) is 15.2. The lowest BCUT2D eigenvalue weighted by Gasteiger charge is -2.02. The van der Waals surface area contributed by atoms with Gasteiger partial charge in [-0.1, -0.05) is 28.1 Å². The van der Waals surface area contributed by atoms with Crippen LogP contribution in [-0.2, 0) is 6.61 Å². The molecule has 0 unspecified atom stereocenters. The fourth-order valence-electron chi connectivity index (χ4n) is 1.95. The Balaban J connectivity index is 1.58. The molecule has 0 aliphatic heterocycles. The molecule has 1 aromatic heterocycles. The average molecular weight is 387 g/mol. The normalized spacial score (nSPS) is 10.9. The van der Waals surface area contributed by atoms with Gasteiger partial charge >= 0.3 is 0 Å². The fourth-order valence-corrected chi connectivity index (χ4v) is 2.22. The van der Waals surface area contributed by atoms with Crippen molar-refractivity contribution in [2.45, 2.75) is 6.61 Å². The molecule has 0 saturated heterocycles. The quantitative estimate of drug-likeness (QED) is 0.619. The molecule has 0 aliphatic rings. The van der Waals surface area contributed by atoms with Gasteiger partial charge in [0.1, 0.15) is 11.5 Å². The van der Waals surface area contributed by atoms with Gasteiger partial charge in [0.2, 0.25) is 5.89 Å². The van der Waals surface area contributed by atoms with Crippen molar-refractivity contribution >= 4 is 28.1 Å². The molecule has 0 fully saturated rings. The predicted molar refractivity (Wildman–Crippen MR) is 94.7 cm³/mol. The molecule has 3 rings (SSSR count). The second-order valence-electron chi connectivity index (χ2n) is 4.88. The van der Waals surface area contributed by atoms with E-state index in [4.69, 9.17) is 13.9 Å². The Kier molecular flexibility index (Phi) is 5.28. The summed E-state index contributed by atoms with van der Waals surface area (Å²) in [6.07, 6.45) is 3.66. The molecule has 0 N–H and O–H groups in total. The van der Waals surface area contributed by atoms with Crippen molar-refractivity contribution in [2.24, 2.45) is 0 Å². The van der Waals surface area contributed by atoms with Crippen LogP contribution in [0.2, 0.25) is 0 Å². The molecule has 1 heterocycles. The van der Waals surface area contributed by atoms with Crippen molar-refractivity contribution in [2.75, 3.05) is 7.11 Å².